The molecular formula is C17H26FN3O2. The van der Waals surface area contributed by atoms with Gasteiger partial charge in [-0.25, -0.2) is 4.39 Å². The van der Waals surface area contributed by atoms with Crippen LogP contribution in [0.25, 0.3) is 0 Å². The first-order valence-corrected chi connectivity index (χ1v) is 8.02. The average molecular weight is 323 g/mol. The minimum absolute atomic E-state index is 0.132. The van der Waals surface area contributed by atoms with Crippen LogP contribution in [0.3, 0.4) is 0 Å². The Balaban J connectivity index is 1.75. The van der Waals surface area contributed by atoms with E-state index in [9.17, 15) is 4.39 Å². The molecule has 6 heteroatoms. The molecule has 2 atom stereocenters. The van der Waals surface area contributed by atoms with E-state index in [1.165, 1.54) is 6.07 Å². The fourth-order valence-electron chi connectivity index (χ4n) is 2.51. The molecule has 0 aliphatic carbocycles. The lowest BCUT2D eigenvalue weighted by molar-refractivity contribution is 0.0242. The molecule has 128 valence electrons. The fourth-order valence-corrected chi connectivity index (χ4v) is 2.51. The SMILES string of the molecule is CN=C(NCC(C)Oc1ccccc1F)NCC1(C)CCCO1. The molecule has 0 bridgehead atoms. The van der Waals surface area contributed by atoms with Crippen molar-refractivity contribution in [3.05, 3.63) is 30.1 Å². The van der Waals surface area contributed by atoms with Crippen molar-refractivity contribution in [1.29, 1.82) is 0 Å². The second kappa shape index (κ2) is 8.15. The molecule has 0 amide bonds. The summed E-state index contributed by atoms with van der Waals surface area (Å²) in [4.78, 5) is 4.19. The molecule has 1 saturated heterocycles. The summed E-state index contributed by atoms with van der Waals surface area (Å²) in [5.74, 6) is 0.593. The number of rotatable bonds is 6. The number of nitrogens with one attached hydrogen (secondary N) is 2. The van der Waals surface area contributed by atoms with Crippen LogP contribution in [0.4, 0.5) is 4.39 Å². The molecule has 2 N–H and O–H groups in total. The van der Waals surface area contributed by atoms with E-state index in [-0.39, 0.29) is 23.3 Å². The summed E-state index contributed by atoms with van der Waals surface area (Å²) in [6.07, 6.45) is 1.95. The minimum Gasteiger partial charge on any atom is -0.486 e. The highest BCUT2D eigenvalue weighted by molar-refractivity contribution is 5.79. The van der Waals surface area contributed by atoms with E-state index in [1.54, 1.807) is 25.2 Å². The summed E-state index contributed by atoms with van der Waals surface area (Å²) in [6.45, 7) is 6.02. The van der Waals surface area contributed by atoms with Crippen molar-refractivity contribution in [3.63, 3.8) is 0 Å². The van der Waals surface area contributed by atoms with Crippen LogP contribution in [-0.2, 0) is 4.74 Å². The van der Waals surface area contributed by atoms with Gasteiger partial charge in [-0.1, -0.05) is 12.1 Å². The highest BCUT2D eigenvalue weighted by atomic mass is 19.1. The first-order chi connectivity index (χ1) is 11.0. The molecule has 0 aromatic heterocycles. The molecule has 2 unspecified atom stereocenters. The summed E-state index contributed by atoms with van der Waals surface area (Å²) in [7, 11) is 1.72. The van der Waals surface area contributed by atoms with Crippen LogP contribution in [0.1, 0.15) is 26.7 Å². The molecule has 0 radical (unpaired) electrons. The van der Waals surface area contributed by atoms with Gasteiger partial charge in [0.25, 0.3) is 0 Å². The molecule has 0 saturated carbocycles. The predicted molar refractivity (Wildman–Crippen MR) is 89.4 cm³/mol. The Bertz CT molecular complexity index is 530. The van der Waals surface area contributed by atoms with E-state index in [0.717, 1.165) is 19.4 Å². The maximum Gasteiger partial charge on any atom is 0.191 e. The third kappa shape index (κ3) is 5.39. The molecule has 5 nitrogen and oxygen atoms in total. The molecule has 23 heavy (non-hydrogen) atoms. The van der Waals surface area contributed by atoms with Crippen LogP contribution in [0, 0.1) is 5.82 Å². The van der Waals surface area contributed by atoms with Crippen LogP contribution >= 0.6 is 0 Å². The van der Waals surface area contributed by atoms with Gasteiger partial charge in [-0.2, -0.15) is 0 Å². The fraction of sp³-hybridized carbons (Fsp3) is 0.588. The lowest BCUT2D eigenvalue weighted by Gasteiger charge is -2.25. The third-order valence-electron chi connectivity index (χ3n) is 3.88. The van der Waals surface area contributed by atoms with Crippen molar-refractivity contribution >= 4 is 5.96 Å². The summed E-state index contributed by atoms with van der Waals surface area (Å²) in [5, 5.41) is 6.45. The van der Waals surface area contributed by atoms with Gasteiger partial charge in [-0.15, -0.1) is 0 Å². The number of ether oxygens (including phenoxy) is 2. The van der Waals surface area contributed by atoms with Crippen molar-refractivity contribution in [3.8, 4) is 5.75 Å². The summed E-state index contributed by atoms with van der Waals surface area (Å²) in [5.41, 5.74) is -0.132. The summed E-state index contributed by atoms with van der Waals surface area (Å²) in [6, 6.07) is 6.40. The van der Waals surface area contributed by atoms with E-state index in [2.05, 4.69) is 22.5 Å². The van der Waals surface area contributed by atoms with Crippen molar-refractivity contribution < 1.29 is 13.9 Å². The second-order valence-corrected chi connectivity index (χ2v) is 6.07. The molecule has 1 heterocycles. The zero-order valence-corrected chi connectivity index (χ0v) is 14.1. The van der Waals surface area contributed by atoms with Crippen LogP contribution < -0.4 is 15.4 Å². The van der Waals surface area contributed by atoms with Gasteiger partial charge in [-0.05, 0) is 38.8 Å². The highest BCUT2D eigenvalue weighted by Crippen LogP contribution is 2.23. The van der Waals surface area contributed by atoms with E-state index < -0.39 is 0 Å². The van der Waals surface area contributed by atoms with Gasteiger partial charge in [0.15, 0.2) is 17.5 Å². The van der Waals surface area contributed by atoms with Crippen LogP contribution in [-0.4, -0.2) is 44.4 Å². The van der Waals surface area contributed by atoms with Crippen LogP contribution in [0.5, 0.6) is 5.75 Å². The Kier molecular flexibility index (Phi) is 6.21. The maximum atomic E-state index is 13.6. The molecule has 0 spiro atoms. The number of hydrogen-bond donors (Lipinski definition) is 2. The van der Waals surface area contributed by atoms with Crippen LogP contribution in [0.2, 0.25) is 0 Å². The first-order valence-electron chi connectivity index (χ1n) is 8.02. The monoisotopic (exact) mass is 323 g/mol. The lowest BCUT2D eigenvalue weighted by atomic mass is 10.0. The number of benzene rings is 1. The van der Waals surface area contributed by atoms with Gasteiger partial charge in [0.05, 0.1) is 12.1 Å². The zero-order valence-electron chi connectivity index (χ0n) is 14.1. The van der Waals surface area contributed by atoms with Gasteiger partial charge < -0.3 is 20.1 Å². The minimum atomic E-state index is -0.354. The van der Waals surface area contributed by atoms with Crippen molar-refractivity contribution in [1.82, 2.24) is 10.6 Å². The van der Waals surface area contributed by atoms with E-state index >= 15 is 0 Å². The standard InChI is InChI=1S/C17H26FN3O2/c1-13(23-15-8-5-4-7-14(15)18)11-20-16(19-3)21-12-17(2)9-6-10-22-17/h4-5,7-8,13H,6,9-12H2,1-3H3,(H2,19,20,21). The topological polar surface area (TPSA) is 54.9 Å². The number of hydrogen-bond acceptors (Lipinski definition) is 3. The Morgan fingerprint density at radius 1 is 1.43 bits per heavy atom. The smallest absolute Gasteiger partial charge is 0.191 e. The van der Waals surface area contributed by atoms with Gasteiger partial charge in [-0.3, -0.25) is 4.99 Å². The van der Waals surface area contributed by atoms with Crippen molar-refractivity contribution in [2.24, 2.45) is 4.99 Å². The zero-order chi connectivity index (χ0) is 16.7. The molecule has 1 aliphatic rings. The average Bonchev–Trinajstić information content (AvgIpc) is 2.97. The van der Waals surface area contributed by atoms with Gasteiger partial charge in [0.1, 0.15) is 6.10 Å². The van der Waals surface area contributed by atoms with Crippen LogP contribution in [0.15, 0.2) is 29.3 Å². The normalized spacial score (nSPS) is 22.7. The number of aliphatic imine (C=N–C) groups is 1. The molecule has 2 rings (SSSR count). The van der Waals surface area contributed by atoms with Gasteiger partial charge in [0.2, 0.25) is 0 Å². The van der Waals surface area contributed by atoms with E-state index in [4.69, 9.17) is 9.47 Å². The summed E-state index contributed by atoms with van der Waals surface area (Å²) < 4.78 is 24.9. The van der Waals surface area contributed by atoms with Gasteiger partial charge in [0, 0.05) is 20.2 Å². The largest absolute Gasteiger partial charge is 0.486 e. The molecule has 1 aromatic carbocycles. The van der Waals surface area contributed by atoms with Crippen molar-refractivity contribution in [2.45, 2.75) is 38.4 Å². The first kappa shape index (κ1) is 17.5. The maximum absolute atomic E-state index is 13.6. The molecule has 1 fully saturated rings. The number of nitrogens with zero attached hydrogens (tertiary/aromatic N) is 1. The quantitative estimate of drug-likeness (QED) is 0.623. The Labute approximate surface area is 137 Å². The number of para-hydroxylation sites is 1. The highest BCUT2D eigenvalue weighted by Gasteiger charge is 2.29. The lowest BCUT2D eigenvalue weighted by Crippen LogP contribution is -2.47. The molecular weight excluding hydrogens is 297 g/mol. The van der Waals surface area contributed by atoms with Crippen molar-refractivity contribution in [2.75, 3.05) is 26.7 Å². The Hall–Kier alpha value is -1.82. The van der Waals surface area contributed by atoms with E-state index in [0.29, 0.717) is 19.0 Å². The van der Waals surface area contributed by atoms with Gasteiger partial charge >= 0.3 is 0 Å². The Morgan fingerprint density at radius 2 is 2.22 bits per heavy atom. The molecule has 1 aliphatic heterocycles. The predicted octanol–water partition coefficient (Wildman–Crippen LogP) is 2.33. The molecule has 1 aromatic rings. The number of halogens is 1. The van der Waals surface area contributed by atoms with E-state index in [1.807, 2.05) is 6.92 Å². The third-order valence-corrected chi connectivity index (χ3v) is 3.88. The number of guanidine groups is 1. The Morgan fingerprint density at radius 3 is 2.87 bits per heavy atom. The summed E-state index contributed by atoms with van der Waals surface area (Å²) >= 11 is 0. The second-order valence-electron chi connectivity index (χ2n) is 6.07.